The van der Waals surface area contributed by atoms with Gasteiger partial charge >= 0.3 is 0 Å². The number of amides is 2. The lowest BCUT2D eigenvalue weighted by atomic mass is 10.1. The van der Waals surface area contributed by atoms with Crippen molar-refractivity contribution in [3.05, 3.63) is 54.1 Å². The number of benzene rings is 2. The minimum absolute atomic E-state index is 0.0455. The highest BCUT2D eigenvalue weighted by atomic mass is 16.5. The second-order valence-electron chi connectivity index (χ2n) is 7.05. The topological polar surface area (TPSA) is 79.9 Å². The summed E-state index contributed by atoms with van der Waals surface area (Å²) in [5.41, 5.74) is 2.08. The van der Waals surface area contributed by atoms with Crippen LogP contribution in [0.15, 0.2) is 48.5 Å². The SMILES string of the molecule is CCOCCOc1ccc(NC(=O)CNc2cccc(C(=O)N3CCCC3)c2)cc1. The van der Waals surface area contributed by atoms with Gasteiger partial charge in [0.2, 0.25) is 5.91 Å². The van der Waals surface area contributed by atoms with Crippen molar-refractivity contribution in [2.45, 2.75) is 19.8 Å². The fourth-order valence-electron chi connectivity index (χ4n) is 3.25. The van der Waals surface area contributed by atoms with Gasteiger partial charge in [0.1, 0.15) is 12.4 Å². The minimum atomic E-state index is -0.170. The van der Waals surface area contributed by atoms with Crippen LogP contribution in [0.2, 0.25) is 0 Å². The van der Waals surface area contributed by atoms with Crippen LogP contribution in [0.5, 0.6) is 5.75 Å². The first-order valence-corrected chi connectivity index (χ1v) is 10.4. The molecule has 2 amide bonds. The van der Waals surface area contributed by atoms with Crippen molar-refractivity contribution in [1.82, 2.24) is 4.90 Å². The molecule has 0 radical (unpaired) electrons. The van der Waals surface area contributed by atoms with Crippen molar-refractivity contribution in [3.63, 3.8) is 0 Å². The van der Waals surface area contributed by atoms with E-state index in [0.717, 1.165) is 37.4 Å². The van der Waals surface area contributed by atoms with E-state index in [2.05, 4.69) is 10.6 Å². The molecule has 0 saturated carbocycles. The van der Waals surface area contributed by atoms with Crippen LogP contribution < -0.4 is 15.4 Å². The largest absolute Gasteiger partial charge is 0.491 e. The van der Waals surface area contributed by atoms with Gasteiger partial charge in [-0.05, 0) is 62.2 Å². The van der Waals surface area contributed by atoms with Crippen molar-refractivity contribution in [2.75, 3.05) is 50.1 Å². The van der Waals surface area contributed by atoms with Crippen LogP contribution in [0.1, 0.15) is 30.1 Å². The van der Waals surface area contributed by atoms with E-state index in [1.54, 1.807) is 18.2 Å². The zero-order valence-electron chi connectivity index (χ0n) is 17.4. The number of nitrogens with one attached hydrogen (secondary N) is 2. The molecule has 0 atom stereocenters. The minimum Gasteiger partial charge on any atom is -0.491 e. The summed E-state index contributed by atoms with van der Waals surface area (Å²) in [5, 5.41) is 5.92. The number of rotatable bonds is 10. The van der Waals surface area contributed by atoms with Crippen LogP contribution in [-0.4, -0.2) is 56.2 Å². The first kappa shape index (κ1) is 21.6. The van der Waals surface area contributed by atoms with E-state index in [-0.39, 0.29) is 18.4 Å². The maximum Gasteiger partial charge on any atom is 0.253 e. The molecular formula is C23H29N3O4. The maximum atomic E-state index is 12.5. The summed E-state index contributed by atoms with van der Waals surface area (Å²) in [6.07, 6.45) is 2.12. The Morgan fingerprint density at radius 1 is 1.00 bits per heavy atom. The summed E-state index contributed by atoms with van der Waals surface area (Å²) in [6, 6.07) is 14.5. The van der Waals surface area contributed by atoms with Gasteiger partial charge in [0.15, 0.2) is 0 Å². The third-order valence-corrected chi connectivity index (χ3v) is 4.79. The summed E-state index contributed by atoms with van der Waals surface area (Å²) < 4.78 is 10.8. The van der Waals surface area contributed by atoms with Crippen molar-refractivity contribution in [1.29, 1.82) is 0 Å². The normalized spacial score (nSPS) is 13.2. The van der Waals surface area contributed by atoms with Gasteiger partial charge in [0.05, 0.1) is 13.2 Å². The average molecular weight is 412 g/mol. The van der Waals surface area contributed by atoms with Crippen LogP contribution in [0.3, 0.4) is 0 Å². The van der Waals surface area contributed by atoms with E-state index in [1.165, 1.54) is 0 Å². The van der Waals surface area contributed by atoms with E-state index >= 15 is 0 Å². The number of carbonyl (C=O) groups excluding carboxylic acids is 2. The summed E-state index contributed by atoms with van der Waals surface area (Å²) in [7, 11) is 0. The molecule has 0 aliphatic carbocycles. The molecule has 1 saturated heterocycles. The standard InChI is InChI=1S/C23H29N3O4/c1-2-29-14-15-30-21-10-8-19(9-11-21)25-22(27)17-24-20-7-5-6-18(16-20)23(28)26-12-3-4-13-26/h5-11,16,24H,2-4,12-15,17H2,1H3,(H,25,27). The van der Waals surface area contributed by atoms with Gasteiger partial charge < -0.3 is 25.0 Å². The molecule has 3 rings (SSSR count). The summed E-state index contributed by atoms with van der Waals surface area (Å²) >= 11 is 0. The smallest absolute Gasteiger partial charge is 0.253 e. The first-order chi connectivity index (χ1) is 14.7. The number of anilines is 2. The quantitative estimate of drug-likeness (QED) is 0.586. The summed E-state index contributed by atoms with van der Waals surface area (Å²) in [4.78, 5) is 26.6. The predicted molar refractivity (Wildman–Crippen MR) is 117 cm³/mol. The van der Waals surface area contributed by atoms with Crippen molar-refractivity contribution >= 4 is 23.2 Å². The molecule has 2 aromatic rings. The molecule has 0 spiro atoms. The molecule has 7 heteroatoms. The van der Waals surface area contributed by atoms with Crippen molar-refractivity contribution in [3.8, 4) is 5.75 Å². The second-order valence-corrected chi connectivity index (χ2v) is 7.05. The Bertz CT molecular complexity index is 833. The molecule has 1 aliphatic rings. The summed E-state index contributed by atoms with van der Waals surface area (Å²) in [6.45, 7) is 5.38. The molecular weight excluding hydrogens is 382 g/mol. The van der Waals surface area contributed by atoms with Crippen molar-refractivity contribution in [2.24, 2.45) is 0 Å². The van der Waals surface area contributed by atoms with E-state index in [1.807, 2.05) is 42.2 Å². The number of hydrogen-bond acceptors (Lipinski definition) is 5. The molecule has 160 valence electrons. The van der Waals surface area contributed by atoms with Gasteiger partial charge in [0, 0.05) is 36.6 Å². The van der Waals surface area contributed by atoms with Crippen LogP contribution in [0.4, 0.5) is 11.4 Å². The van der Waals surface area contributed by atoms with Gasteiger partial charge in [-0.15, -0.1) is 0 Å². The number of hydrogen-bond donors (Lipinski definition) is 2. The number of carbonyl (C=O) groups is 2. The molecule has 30 heavy (non-hydrogen) atoms. The fourth-order valence-corrected chi connectivity index (χ4v) is 3.25. The Labute approximate surface area is 177 Å². The monoisotopic (exact) mass is 411 g/mol. The maximum absolute atomic E-state index is 12.5. The van der Waals surface area contributed by atoms with E-state index in [4.69, 9.17) is 9.47 Å². The predicted octanol–water partition coefficient (Wildman–Crippen LogP) is 3.39. The average Bonchev–Trinajstić information content (AvgIpc) is 3.31. The Balaban J connectivity index is 1.45. The zero-order chi connectivity index (χ0) is 21.2. The third-order valence-electron chi connectivity index (χ3n) is 4.79. The lowest BCUT2D eigenvalue weighted by Gasteiger charge is -2.16. The molecule has 1 heterocycles. The highest BCUT2D eigenvalue weighted by Crippen LogP contribution is 2.17. The molecule has 0 aromatic heterocycles. The number of ether oxygens (including phenoxy) is 2. The molecule has 0 unspecified atom stereocenters. The Morgan fingerprint density at radius 3 is 2.50 bits per heavy atom. The van der Waals surface area contributed by atoms with Crippen LogP contribution >= 0.6 is 0 Å². The van der Waals surface area contributed by atoms with Gasteiger partial charge in [-0.2, -0.15) is 0 Å². The number of likely N-dealkylation sites (tertiary alicyclic amines) is 1. The Hall–Kier alpha value is -3.06. The third kappa shape index (κ3) is 6.49. The Morgan fingerprint density at radius 2 is 1.77 bits per heavy atom. The van der Waals surface area contributed by atoms with E-state index in [0.29, 0.717) is 31.1 Å². The van der Waals surface area contributed by atoms with Gasteiger partial charge in [-0.3, -0.25) is 9.59 Å². The van der Waals surface area contributed by atoms with Crippen molar-refractivity contribution < 1.29 is 19.1 Å². The molecule has 2 aromatic carbocycles. The molecule has 7 nitrogen and oxygen atoms in total. The van der Waals surface area contributed by atoms with Gasteiger partial charge in [-0.1, -0.05) is 6.07 Å². The fraction of sp³-hybridized carbons (Fsp3) is 0.391. The van der Waals surface area contributed by atoms with Crippen LogP contribution in [0.25, 0.3) is 0 Å². The molecule has 0 bridgehead atoms. The highest BCUT2D eigenvalue weighted by molar-refractivity contribution is 5.96. The molecule has 1 aliphatic heterocycles. The zero-order valence-corrected chi connectivity index (χ0v) is 17.4. The highest BCUT2D eigenvalue weighted by Gasteiger charge is 2.19. The van der Waals surface area contributed by atoms with Gasteiger partial charge in [0.25, 0.3) is 5.91 Å². The Kier molecular flexibility index (Phi) is 8.09. The first-order valence-electron chi connectivity index (χ1n) is 10.4. The lowest BCUT2D eigenvalue weighted by molar-refractivity contribution is -0.114. The number of nitrogens with zero attached hydrogens (tertiary/aromatic N) is 1. The molecule has 2 N–H and O–H groups in total. The molecule has 1 fully saturated rings. The van der Waals surface area contributed by atoms with Crippen LogP contribution in [-0.2, 0) is 9.53 Å². The van der Waals surface area contributed by atoms with Crippen LogP contribution in [0, 0.1) is 0 Å². The summed E-state index contributed by atoms with van der Waals surface area (Å²) in [5.74, 6) is 0.603. The van der Waals surface area contributed by atoms with E-state index in [9.17, 15) is 9.59 Å². The van der Waals surface area contributed by atoms with E-state index < -0.39 is 0 Å². The second kappa shape index (κ2) is 11.2. The lowest BCUT2D eigenvalue weighted by Crippen LogP contribution is -2.27. The van der Waals surface area contributed by atoms with Gasteiger partial charge in [-0.25, -0.2) is 0 Å².